The molecule has 4 aromatic rings. The zero-order valence-corrected chi connectivity index (χ0v) is 17.6. The number of halogens is 1. The smallest absolute Gasteiger partial charge is 0.229 e. The number of anilines is 3. The minimum Gasteiger partial charge on any atom is -0.363 e. The molecule has 5 rings (SSSR count). The summed E-state index contributed by atoms with van der Waals surface area (Å²) in [4.78, 5) is 16.6. The van der Waals surface area contributed by atoms with Crippen LogP contribution in [0.25, 0.3) is 16.5 Å². The van der Waals surface area contributed by atoms with E-state index in [0.717, 1.165) is 36.4 Å². The lowest BCUT2D eigenvalue weighted by Gasteiger charge is -2.14. The predicted molar refractivity (Wildman–Crippen MR) is 126 cm³/mol. The van der Waals surface area contributed by atoms with E-state index >= 15 is 0 Å². The number of aromatic nitrogens is 4. The Bertz CT molecular complexity index is 1230. The lowest BCUT2D eigenvalue weighted by molar-refractivity contribution is 0.739. The van der Waals surface area contributed by atoms with Crippen molar-refractivity contribution in [1.29, 1.82) is 0 Å². The summed E-state index contributed by atoms with van der Waals surface area (Å²) in [7, 11) is 0. The number of aromatic amines is 1. The molecule has 0 atom stereocenters. The number of rotatable bonds is 6. The van der Waals surface area contributed by atoms with Gasteiger partial charge in [0.2, 0.25) is 5.95 Å². The molecule has 0 fully saturated rings. The Hall–Kier alpha value is -3.42. The molecule has 4 heterocycles. The molecule has 1 aliphatic rings. The number of hydrogen-bond acceptors (Lipinski definition) is 6. The SMILES string of the molecule is Clc1cnc(Nc2ccc3[nH]cc(C4=CCNCC4)c3c2)nc1NCc1ccccn1. The first-order valence-corrected chi connectivity index (χ1v) is 10.6. The monoisotopic (exact) mass is 431 g/mol. The molecule has 0 saturated heterocycles. The number of H-pyrrole nitrogens is 1. The lowest BCUT2D eigenvalue weighted by atomic mass is 9.99. The van der Waals surface area contributed by atoms with Crippen LogP contribution in [0.2, 0.25) is 5.02 Å². The van der Waals surface area contributed by atoms with E-state index in [2.05, 4.69) is 60.3 Å². The highest BCUT2D eigenvalue weighted by Gasteiger charge is 2.12. The van der Waals surface area contributed by atoms with Crippen LogP contribution in [-0.4, -0.2) is 33.0 Å². The van der Waals surface area contributed by atoms with Crippen LogP contribution in [0.1, 0.15) is 17.7 Å². The summed E-state index contributed by atoms with van der Waals surface area (Å²) in [6, 6.07) is 12.0. The highest BCUT2D eigenvalue weighted by Crippen LogP contribution is 2.31. The molecule has 156 valence electrons. The fourth-order valence-electron chi connectivity index (χ4n) is 3.69. The third kappa shape index (κ3) is 4.38. The lowest BCUT2D eigenvalue weighted by Crippen LogP contribution is -2.19. The van der Waals surface area contributed by atoms with Crippen molar-refractivity contribution >= 4 is 45.5 Å². The standard InChI is InChI=1S/C23H22ClN7/c24-20-14-29-23(31-22(20)28-12-17-3-1-2-8-26-17)30-16-4-5-21-18(11-16)19(13-27-21)15-6-9-25-10-7-15/h1-6,8,11,13-14,25,27H,7,9-10,12H2,(H2,28,29,30,31). The average molecular weight is 432 g/mol. The zero-order chi connectivity index (χ0) is 21.0. The molecule has 1 aromatic carbocycles. The number of pyridine rings is 1. The number of hydrogen-bond donors (Lipinski definition) is 4. The van der Waals surface area contributed by atoms with Crippen LogP contribution in [0, 0.1) is 0 Å². The third-order valence-corrected chi connectivity index (χ3v) is 5.53. The zero-order valence-electron chi connectivity index (χ0n) is 16.8. The van der Waals surface area contributed by atoms with Crippen molar-refractivity contribution < 1.29 is 0 Å². The van der Waals surface area contributed by atoms with Gasteiger partial charge in [0, 0.05) is 41.1 Å². The predicted octanol–water partition coefficient (Wildman–Crippen LogP) is 4.74. The molecule has 0 aliphatic carbocycles. The Morgan fingerprint density at radius 3 is 2.94 bits per heavy atom. The second-order valence-electron chi connectivity index (χ2n) is 7.34. The molecule has 31 heavy (non-hydrogen) atoms. The van der Waals surface area contributed by atoms with Gasteiger partial charge in [-0.15, -0.1) is 0 Å². The van der Waals surface area contributed by atoms with Crippen molar-refractivity contribution in [1.82, 2.24) is 25.3 Å². The Morgan fingerprint density at radius 1 is 1.13 bits per heavy atom. The maximum atomic E-state index is 6.28. The topological polar surface area (TPSA) is 90.5 Å². The average Bonchev–Trinajstić information content (AvgIpc) is 3.24. The molecule has 0 spiro atoms. The fourth-order valence-corrected chi connectivity index (χ4v) is 3.85. The molecule has 0 saturated carbocycles. The molecule has 0 amide bonds. The van der Waals surface area contributed by atoms with E-state index in [4.69, 9.17) is 11.6 Å². The van der Waals surface area contributed by atoms with Gasteiger partial charge in [0.1, 0.15) is 5.02 Å². The van der Waals surface area contributed by atoms with Gasteiger partial charge in [-0.3, -0.25) is 4.98 Å². The first-order valence-electron chi connectivity index (χ1n) is 10.2. The van der Waals surface area contributed by atoms with Gasteiger partial charge in [-0.05, 0) is 48.9 Å². The largest absolute Gasteiger partial charge is 0.363 e. The van der Waals surface area contributed by atoms with Crippen LogP contribution in [0.5, 0.6) is 0 Å². The van der Waals surface area contributed by atoms with Crippen LogP contribution in [0.4, 0.5) is 17.5 Å². The summed E-state index contributed by atoms with van der Waals surface area (Å²) in [5, 5.41) is 11.5. The number of fused-ring (bicyclic) bond motifs is 1. The maximum Gasteiger partial charge on any atom is 0.229 e. The molecular weight excluding hydrogens is 410 g/mol. The van der Waals surface area contributed by atoms with Crippen molar-refractivity contribution in [3.63, 3.8) is 0 Å². The van der Waals surface area contributed by atoms with Crippen molar-refractivity contribution in [2.45, 2.75) is 13.0 Å². The Kier molecular flexibility index (Phi) is 5.52. The van der Waals surface area contributed by atoms with E-state index in [9.17, 15) is 0 Å². The highest BCUT2D eigenvalue weighted by atomic mass is 35.5. The molecule has 4 N–H and O–H groups in total. The number of nitrogens with one attached hydrogen (secondary N) is 4. The minimum atomic E-state index is 0.461. The molecule has 7 nitrogen and oxygen atoms in total. The minimum absolute atomic E-state index is 0.461. The molecule has 0 bridgehead atoms. The van der Waals surface area contributed by atoms with Crippen molar-refractivity contribution in [3.05, 3.63) is 77.3 Å². The van der Waals surface area contributed by atoms with Crippen LogP contribution in [0.3, 0.4) is 0 Å². The van der Waals surface area contributed by atoms with Gasteiger partial charge in [0.05, 0.1) is 18.4 Å². The molecular formula is C23H22ClN7. The first-order chi connectivity index (χ1) is 15.3. The van der Waals surface area contributed by atoms with Gasteiger partial charge in [-0.2, -0.15) is 4.98 Å². The summed E-state index contributed by atoms with van der Waals surface area (Å²) in [5.41, 5.74) is 5.54. The van der Waals surface area contributed by atoms with E-state index in [1.165, 1.54) is 16.5 Å². The molecule has 0 radical (unpaired) electrons. The van der Waals surface area contributed by atoms with Crippen molar-refractivity contribution in [3.8, 4) is 0 Å². The molecule has 0 unspecified atom stereocenters. The van der Waals surface area contributed by atoms with E-state index in [-0.39, 0.29) is 0 Å². The van der Waals surface area contributed by atoms with Crippen LogP contribution in [-0.2, 0) is 6.54 Å². The quantitative estimate of drug-likeness (QED) is 0.352. The Labute approximate surface area is 185 Å². The number of nitrogens with zero attached hydrogens (tertiary/aromatic N) is 3. The van der Waals surface area contributed by atoms with Gasteiger partial charge in [0.25, 0.3) is 0 Å². The molecule has 8 heteroatoms. The third-order valence-electron chi connectivity index (χ3n) is 5.25. The Morgan fingerprint density at radius 2 is 2.10 bits per heavy atom. The van der Waals surface area contributed by atoms with Crippen molar-refractivity contribution in [2.75, 3.05) is 23.7 Å². The summed E-state index contributed by atoms with van der Waals surface area (Å²) in [6.45, 7) is 2.44. The van der Waals surface area contributed by atoms with E-state index in [1.54, 1.807) is 12.4 Å². The van der Waals surface area contributed by atoms with Gasteiger partial charge in [-0.25, -0.2) is 4.98 Å². The van der Waals surface area contributed by atoms with Crippen molar-refractivity contribution in [2.24, 2.45) is 0 Å². The second-order valence-corrected chi connectivity index (χ2v) is 7.74. The van der Waals surface area contributed by atoms with Gasteiger partial charge >= 0.3 is 0 Å². The Balaban J connectivity index is 1.37. The van der Waals surface area contributed by atoms with E-state index in [1.807, 2.05) is 24.3 Å². The van der Waals surface area contributed by atoms with Crippen LogP contribution < -0.4 is 16.0 Å². The van der Waals surface area contributed by atoms with Crippen LogP contribution >= 0.6 is 11.6 Å². The second kappa shape index (κ2) is 8.75. The molecule has 3 aromatic heterocycles. The van der Waals surface area contributed by atoms with Gasteiger partial charge in [0.15, 0.2) is 5.82 Å². The normalized spacial score (nSPS) is 13.8. The van der Waals surface area contributed by atoms with Crippen LogP contribution in [0.15, 0.2) is 61.1 Å². The first kappa shape index (κ1) is 19.5. The summed E-state index contributed by atoms with van der Waals surface area (Å²) in [6.07, 6.45) is 8.73. The summed E-state index contributed by atoms with van der Waals surface area (Å²) >= 11 is 6.28. The highest BCUT2D eigenvalue weighted by molar-refractivity contribution is 6.32. The fraction of sp³-hybridized carbons (Fsp3) is 0.174. The summed E-state index contributed by atoms with van der Waals surface area (Å²) < 4.78 is 0. The number of benzene rings is 1. The van der Waals surface area contributed by atoms with Gasteiger partial charge < -0.3 is 20.9 Å². The summed E-state index contributed by atoms with van der Waals surface area (Å²) in [5.74, 6) is 1.04. The van der Waals surface area contributed by atoms with E-state index < -0.39 is 0 Å². The van der Waals surface area contributed by atoms with E-state index in [0.29, 0.717) is 23.3 Å². The molecule has 1 aliphatic heterocycles. The maximum absolute atomic E-state index is 6.28. The van der Waals surface area contributed by atoms with Gasteiger partial charge in [-0.1, -0.05) is 23.7 Å².